The lowest BCUT2D eigenvalue weighted by Crippen LogP contribution is -1.99. The molecule has 2 aromatic rings. The SMILES string of the molecule is NCc1ccc(Sc2nc(N)cc(N)n2)cc1Cl. The Morgan fingerprint density at radius 1 is 1.11 bits per heavy atom. The number of hydrogen-bond acceptors (Lipinski definition) is 6. The van der Waals surface area contributed by atoms with Crippen molar-refractivity contribution in [3.05, 3.63) is 34.9 Å². The van der Waals surface area contributed by atoms with Gasteiger partial charge in [-0.1, -0.05) is 17.7 Å². The highest BCUT2D eigenvalue weighted by Crippen LogP contribution is 2.29. The van der Waals surface area contributed by atoms with Crippen molar-refractivity contribution in [2.45, 2.75) is 16.6 Å². The van der Waals surface area contributed by atoms with Gasteiger partial charge in [0, 0.05) is 22.5 Å². The van der Waals surface area contributed by atoms with Crippen LogP contribution in [0.3, 0.4) is 0 Å². The molecule has 0 aliphatic carbocycles. The van der Waals surface area contributed by atoms with E-state index in [-0.39, 0.29) is 0 Å². The van der Waals surface area contributed by atoms with Crippen molar-refractivity contribution in [3.8, 4) is 0 Å². The third-order valence-corrected chi connectivity index (χ3v) is 3.41. The molecular formula is C11H12ClN5S. The number of aromatic nitrogens is 2. The normalized spacial score (nSPS) is 10.6. The van der Waals surface area contributed by atoms with Crippen LogP contribution in [0.15, 0.2) is 34.3 Å². The van der Waals surface area contributed by atoms with E-state index < -0.39 is 0 Å². The molecule has 1 aromatic heterocycles. The van der Waals surface area contributed by atoms with Crippen LogP contribution in [0.2, 0.25) is 5.02 Å². The van der Waals surface area contributed by atoms with Gasteiger partial charge in [0.2, 0.25) is 0 Å². The van der Waals surface area contributed by atoms with Crippen molar-refractivity contribution in [2.75, 3.05) is 11.5 Å². The van der Waals surface area contributed by atoms with Gasteiger partial charge < -0.3 is 17.2 Å². The van der Waals surface area contributed by atoms with Gasteiger partial charge in [0.1, 0.15) is 11.6 Å². The van der Waals surface area contributed by atoms with Crippen LogP contribution in [-0.2, 0) is 6.54 Å². The Hall–Kier alpha value is -1.50. The Balaban J connectivity index is 2.25. The summed E-state index contributed by atoms with van der Waals surface area (Å²) in [6.07, 6.45) is 0. The molecular weight excluding hydrogens is 270 g/mol. The van der Waals surface area contributed by atoms with Gasteiger partial charge in [-0.25, -0.2) is 9.97 Å². The third-order valence-electron chi connectivity index (χ3n) is 2.20. The molecule has 18 heavy (non-hydrogen) atoms. The first kappa shape index (κ1) is 12.9. The first-order valence-electron chi connectivity index (χ1n) is 5.15. The van der Waals surface area contributed by atoms with Gasteiger partial charge in [-0.05, 0) is 29.5 Å². The van der Waals surface area contributed by atoms with Crippen LogP contribution < -0.4 is 17.2 Å². The smallest absolute Gasteiger partial charge is 0.196 e. The lowest BCUT2D eigenvalue weighted by molar-refractivity contribution is 0.984. The van der Waals surface area contributed by atoms with Gasteiger partial charge >= 0.3 is 0 Å². The number of nitrogens with zero attached hydrogens (tertiary/aromatic N) is 2. The van der Waals surface area contributed by atoms with E-state index >= 15 is 0 Å². The van der Waals surface area contributed by atoms with Crippen molar-refractivity contribution in [2.24, 2.45) is 5.73 Å². The molecule has 5 nitrogen and oxygen atoms in total. The zero-order valence-corrected chi connectivity index (χ0v) is 11.0. The second-order valence-corrected chi connectivity index (χ2v) is 5.01. The minimum absolute atomic E-state index is 0.342. The molecule has 1 heterocycles. The Morgan fingerprint density at radius 2 is 1.78 bits per heavy atom. The fourth-order valence-corrected chi connectivity index (χ4v) is 2.52. The Bertz CT molecular complexity index is 555. The van der Waals surface area contributed by atoms with E-state index in [0.717, 1.165) is 10.5 Å². The molecule has 0 unspecified atom stereocenters. The Morgan fingerprint density at radius 3 is 2.33 bits per heavy atom. The van der Waals surface area contributed by atoms with Gasteiger partial charge in [-0.15, -0.1) is 0 Å². The minimum Gasteiger partial charge on any atom is -0.383 e. The molecule has 6 N–H and O–H groups in total. The lowest BCUT2D eigenvalue weighted by atomic mass is 10.2. The summed E-state index contributed by atoms with van der Waals surface area (Å²) in [5, 5.41) is 1.11. The molecule has 0 saturated carbocycles. The van der Waals surface area contributed by atoms with Gasteiger partial charge in [0.15, 0.2) is 5.16 Å². The summed E-state index contributed by atoms with van der Waals surface area (Å²) in [4.78, 5) is 9.07. The predicted molar refractivity (Wildman–Crippen MR) is 74.3 cm³/mol. The monoisotopic (exact) mass is 281 g/mol. The first-order valence-corrected chi connectivity index (χ1v) is 6.34. The average Bonchev–Trinajstić information content (AvgIpc) is 2.27. The molecule has 2 rings (SSSR count). The van der Waals surface area contributed by atoms with Crippen molar-refractivity contribution < 1.29 is 0 Å². The molecule has 0 fully saturated rings. The molecule has 0 saturated heterocycles. The highest BCUT2D eigenvalue weighted by molar-refractivity contribution is 7.99. The van der Waals surface area contributed by atoms with Crippen LogP contribution in [-0.4, -0.2) is 9.97 Å². The molecule has 0 spiro atoms. The second-order valence-electron chi connectivity index (χ2n) is 3.56. The van der Waals surface area contributed by atoms with Crippen LogP contribution in [0.4, 0.5) is 11.6 Å². The molecule has 0 aliphatic heterocycles. The van der Waals surface area contributed by atoms with Crippen LogP contribution in [0, 0.1) is 0 Å². The molecule has 0 amide bonds. The van der Waals surface area contributed by atoms with Crippen LogP contribution >= 0.6 is 23.4 Å². The molecule has 0 bridgehead atoms. The van der Waals surface area contributed by atoms with Crippen LogP contribution in [0.5, 0.6) is 0 Å². The maximum Gasteiger partial charge on any atom is 0.196 e. The third kappa shape index (κ3) is 3.04. The van der Waals surface area contributed by atoms with Gasteiger partial charge in [-0.2, -0.15) is 0 Å². The van der Waals surface area contributed by atoms with E-state index in [9.17, 15) is 0 Å². The fraction of sp³-hybridized carbons (Fsp3) is 0.0909. The first-order chi connectivity index (χ1) is 8.58. The minimum atomic E-state index is 0.342. The van der Waals surface area contributed by atoms with E-state index in [0.29, 0.717) is 28.4 Å². The summed E-state index contributed by atoms with van der Waals surface area (Å²) in [7, 11) is 0. The van der Waals surface area contributed by atoms with E-state index in [4.69, 9.17) is 28.8 Å². The molecule has 94 valence electrons. The number of anilines is 2. The van der Waals surface area contributed by atoms with Gasteiger partial charge in [-0.3, -0.25) is 0 Å². The molecule has 7 heteroatoms. The highest BCUT2D eigenvalue weighted by atomic mass is 35.5. The summed E-state index contributed by atoms with van der Waals surface area (Å²) < 4.78 is 0. The molecule has 0 atom stereocenters. The summed E-state index contributed by atoms with van der Waals surface area (Å²) in [6.45, 7) is 0.408. The van der Waals surface area contributed by atoms with Crippen molar-refractivity contribution in [1.29, 1.82) is 0 Å². The van der Waals surface area contributed by atoms with Crippen molar-refractivity contribution in [1.82, 2.24) is 9.97 Å². The zero-order chi connectivity index (χ0) is 13.1. The predicted octanol–water partition coefficient (Wildman–Crippen LogP) is 1.90. The molecule has 0 aliphatic rings. The summed E-state index contributed by atoms with van der Waals surface area (Å²) in [5.41, 5.74) is 17.6. The summed E-state index contributed by atoms with van der Waals surface area (Å²) >= 11 is 7.42. The topological polar surface area (TPSA) is 104 Å². The van der Waals surface area contributed by atoms with E-state index in [1.54, 1.807) is 0 Å². The van der Waals surface area contributed by atoms with E-state index in [1.807, 2.05) is 18.2 Å². The number of nitrogen functional groups attached to an aromatic ring is 2. The Kier molecular flexibility index (Phi) is 3.90. The largest absolute Gasteiger partial charge is 0.383 e. The lowest BCUT2D eigenvalue weighted by Gasteiger charge is -2.05. The van der Waals surface area contributed by atoms with Gasteiger partial charge in [0.05, 0.1) is 0 Å². The second kappa shape index (κ2) is 5.43. The maximum atomic E-state index is 6.07. The van der Waals surface area contributed by atoms with E-state index in [1.165, 1.54) is 17.8 Å². The highest BCUT2D eigenvalue weighted by Gasteiger charge is 2.06. The number of rotatable bonds is 3. The van der Waals surface area contributed by atoms with Crippen LogP contribution in [0.1, 0.15) is 5.56 Å². The number of nitrogens with two attached hydrogens (primary N) is 3. The summed E-state index contributed by atoms with van der Waals surface area (Å²) in [6, 6.07) is 7.10. The van der Waals surface area contributed by atoms with Crippen molar-refractivity contribution >= 4 is 35.0 Å². The maximum absolute atomic E-state index is 6.07. The quantitative estimate of drug-likeness (QED) is 0.743. The number of benzene rings is 1. The average molecular weight is 282 g/mol. The van der Waals surface area contributed by atoms with Gasteiger partial charge in [0.25, 0.3) is 0 Å². The standard InChI is InChI=1S/C11H12ClN5S/c12-8-3-7(2-1-6(8)5-13)18-11-16-9(14)4-10(15)17-11/h1-4H,5,13H2,(H4,14,15,16,17). The fourth-order valence-electron chi connectivity index (χ4n) is 1.37. The Labute approximate surface area is 114 Å². The zero-order valence-electron chi connectivity index (χ0n) is 9.43. The number of hydrogen-bond donors (Lipinski definition) is 3. The number of halogens is 1. The van der Waals surface area contributed by atoms with Crippen molar-refractivity contribution in [3.63, 3.8) is 0 Å². The molecule has 1 aromatic carbocycles. The van der Waals surface area contributed by atoms with Crippen LogP contribution in [0.25, 0.3) is 0 Å². The van der Waals surface area contributed by atoms with E-state index in [2.05, 4.69) is 9.97 Å². The molecule has 0 radical (unpaired) electrons. The summed E-state index contributed by atoms with van der Waals surface area (Å²) in [5.74, 6) is 0.685.